The van der Waals surface area contributed by atoms with Gasteiger partial charge in [-0.3, -0.25) is 0 Å². The van der Waals surface area contributed by atoms with Crippen molar-refractivity contribution in [1.29, 1.82) is 0 Å². The summed E-state index contributed by atoms with van der Waals surface area (Å²) in [5, 5.41) is 3.25. The van der Waals surface area contributed by atoms with Gasteiger partial charge in [-0.05, 0) is 30.3 Å². The smallest absolute Gasteiger partial charge is 0.142 e. The Morgan fingerprint density at radius 1 is 1.18 bits per heavy atom. The quantitative estimate of drug-likeness (QED) is 0.581. The molecule has 0 unspecified atom stereocenters. The van der Waals surface area contributed by atoms with Crippen molar-refractivity contribution in [2.24, 2.45) is 5.84 Å². The first-order valence-electron chi connectivity index (χ1n) is 4.84. The van der Waals surface area contributed by atoms with Gasteiger partial charge in [-0.2, -0.15) is 0 Å². The van der Waals surface area contributed by atoms with Gasteiger partial charge >= 0.3 is 0 Å². The van der Waals surface area contributed by atoms with Crippen LogP contribution in [0.2, 0.25) is 5.02 Å². The predicted molar refractivity (Wildman–Crippen MR) is 66.7 cm³/mol. The molecule has 2 aromatic rings. The van der Waals surface area contributed by atoms with Gasteiger partial charge < -0.3 is 10.7 Å². The van der Waals surface area contributed by atoms with E-state index in [1.807, 2.05) is 0 Å². The lowest BCUT2D eigenvalue weighted by atomic mass is 10.3. The molecule has 88 valence electrons. The van der Waals surface area contributed by atoms with Crippen molar-refractivity contribution >= 4 is 28.9 Å². The van der Waals surface area contributed by atoms with Crippen molar-refractivity contribution < 1.29 is 4.39 Å². The molecule has 0 bridgehead atoms. The third-order valence-corrected chi connectivity index (χ3v) is 2.25. The van der Waals surface area contributed by atoms with Gasteiger partial charge in [0.2, 0.25) is 0 Å². The fourth-order valence-electron chi connectivity index (χ4n) is 1.36. The Morgan fingerprint density at radius 3 is 2.65 bits per heavy atom. The molecular weight excluding hydrogens is 243 g/mol. The van der Waals surface area contributed by atoms with Crippen LogP contribution in [0.15, 0.2) is 36.4 Å². The lowest BCUT2D eigenvalue weighted by molar-refractivity contribution is 0.628. The highest BCUT2D eigenvalue weighted by atomic mass is 35.5. The van der Waals surface area contributed by atoms with Gasteiger partial charge in [0.1, 0.15) is 17.5 Å². The zero-order valence-electron chi connectivity index (χ0n) is 8.74. The molecule has 0 atom stereocenters. The van der Waals surface area contributed by atoms with Crippen LogP contribution in [0.25, 0.3) is 0 Å². The van der Waals surface area contributed by atoms with Gasteiger partial charge in [-0.25, -0.2) is 15.2 Å². The first-order chi connectivity index (χ1) is 8.17. The average Bonchev–Trinajstić information content (AvgIpc) is 2.28. The first kappa shape index (κ1) is 11.6. The van der Waals surface area contributed by atoms with Crippen LogP contribution in [-0.2, 0) is 0 Å². The largest absolute Gasteiger partial charge is 0.340 e. The summed E-state index contributed by atoms with van der Waals surface area (Å²) in [7, 11) is 0. The zero-order chi connectivity index (χ0) is 12.3. The number of rotatable bonds is 3. The molecule has 0 aliphatic carbocycles. The number of benzene rings is 1. The minimum absolute atomic E-state index is 0.320. The number of hydrogen-bond donors (Lipinski definition) is 3. The van der Waals surface area contributed by atoms with E-state index in [9.17, 15) is 4.39 Å². The normalized spacial score (nSPS) is 10.1. The average molecular weight is 253 g/mol. The maximum Gasteiger partial charge on any atom is 0.142 e. The minimum atomic E-state index is -0.409. The van der Waals surface area contributed by atoms with Gasteiger partial charge in [-0.15, -0.1) is 0 Å². The Bertz CT molecular complexity index is 512. The molecular formula is C11H10ClFN4. The van der Waals surface area contributed by atoms with E-state index in [1.54, 1.807) is 24.3 Å². The number of nitrogens with zero attached hydrogens (tertiary/aromatic N) is 1. The summed E-state index contributed by atoms with van der Waals surface area (Å²) in [5.74, 6) is 5.88. The molecule has 0 aliphatic heterocycles. The summed E-state index contributed by atoms with van der Waals surface area (Å²) in [6.45, 7) is 0. The SMILES string of the molecule is NNc1cccc(Nc2cc(F)cc(Cl)c2)n1. The van der Waals surface area contributed by atoms with Crippen LogP contribution < -0.4 is 16.6 Å². The fraction of sp³-hybridized carbons (Fsp3) is 0. The zero-order valence-corrected chi connectivity index (χ0v) is 9.50. The van der Waals surface area contributed by atoms with E-state index < -0.39 is 5.82 Å². The molecule has 1 heterocycles. The van der Waals surface area contributed by atoms with Crippen molar-refractivity contribution in [3.8, 4) is 0 Å². The summed E-state index contributed by atoms with van der Waals surface area (Å²) in [5.41, 5.74) is 2.95. The van der Waals surface area contributed by atoms with Gasteiger partial charge in [-0.1, -0.05) is 17.7 Å². The molecule has 17 heavy (non-hydrogen) atoms. The van der Waals surface area contributed by atoms with Gasteiger partial charge in [0, 0.05) is 10.7 Å². The highest BCUT2D eigenvalue weighted by molar-refractivity contribution is 6.30. The van der Waals surface area contributed by atoms with E-state index in [1.165, 1.54) is 12.1 Å². The molecule has 6 heteroatoms. The Kier molecular flexibility index (Phi) is 3.41. The van der Waals surface area contributed by atoms with Crippen LogP contribution >= 0.6 is 11.6 Å². The maximum atomic E-state index is 13.1. The van der Waals surface area contributed by atoms with Crippen molar-refractivity contribution in [3.63, 3.8) is 0 Å². The molecule has 0 saturated carbocycles. The van der Waals surface area contributed by atoms with Crippen LogP contribution in [0.3, 0.4) is 0 Å². The maximum absolute atomic E-state index is 13.1. The summed E-state index contributed by atoms with van der Waals surface area (Å²) in [6, 6.07) is 9.39. The molecule has 0 saturated heterocycles. The van der Waals surface area contributed by atoms with Crippen LogP contribution in [0.4, 0.5) is 21.7 Å². The second kappa shape index (κ2) is 4.99. The van der Waals surface area contributed by atoms with E-state index in [0.717, 1.165) is 0 Å². The minimum Gasteiger partial charge on any atom is -0.340 e. The third kappa shape index (κ3) is 3.05. The van der Waals surface area contributed by atoms with Crippen LogP contribution in [0.1, 0.15) is 0 Å². The van der Waals surface area contributed by atoms with Gasteiger partial charge in [0.15, 0.2) is 0 Å². The number of anilines is 3. The standard InChI is InChI=1S/C11H10ClFN4/c12-7-4-8(13)6-9(5-7)15-10-2-1-3-11(16-10)17-14/h1-6H,14H2,(H2,15,16,17). The monoisotopic (exact) mass is 252 g/mol. The number of aromatic nitrogens is 1. The van der Waals surface area contributed by atoms with E-state index in [2.05, 4.69) is 15.7 Å². The summed E-state index contributed by atoms with van der Waals surface area (Å²) in [4.78, 5) is 4.13. The number of nitrogens with one attached hydrogen (secondary N) is 2. The van der Waals surface area contributed by atoms with Gasteiger partial charge in [0.25, 0.3) is 0 Å². The Hall–Kier alpha value is -1.85. The number of halogens is 2. The second-order valence-corrected chi connectivity index (χ2v) is 3.77. The molecule has 0 amide bonds. The molecule has 4 nitrogen and oxygen atoms in total. The van der Waals surface area contributed by atoms with Crippen molar-refractivity contribution in [2.75, 3.05) is 10.7 Å². The number of pyridine rings is 1. The van der Waals surface area contributed by atoms with E-state index in [-0.39, 0.29) is 0 Å². The van der Waals surface area contributed by atoms with Crippen LogP contribution in [0.5, 0.6) is 0 Å². The predicted octanol–water partition coefficient (Wildman–Crippen LogP) is 2.90. The molecule has 1 aromatic heterocycles. The number of hydrazine groups is 1. The Balaban J connectivity index is 2.24. The van der Waals surface area contributed by atoms with E-state index >= 15 is 0 Å². The summed E-state index contributed by atoms with van der Waals surface area (Å²) >= 11 is 5.74. The third-order valence-electron chi connectivity index (χ3n) is 2.03. The van der Waals surface area contributed by atoms with E-state index in [0.29, 0.717) is 22.3 Å². The van der Waals surface area contributed by atoms with Gasteiger partial charge in [0.05, 0.1) is 0 Å². The molecule has 0 radical (unpaired) electrons. The van der Waals surface area contributed by atoms with Crippen LogP contribution in [0, 0.1) is 5.82 Å². The summed E-state index contributed by atoms with van der Waals surface area (Å²) < 4.78 is 13.1. The molecule has 0 fully saturated rings. The lowest BCUT2D eigenvalue weighted by Crippen LogP contribution is -2.08. The Morgan fingerprint density at radius 2 is 1.94 bits per heavy atom. The molecule has 2 rings (SSSR count). The molecule has 1 aromatic carbocycles. The second-order valence-electron chi connectivity index (χ2n) is 3.34. The molecule has 4 N–H and O–H groups in total. The molecule has 0 aliphatic rings. The topological polar surface area (TPSA) is 63.0 Å². The Labute approximate surface area is 103 Å². The first-order valence-corrected chi connectivity index (χ1v) is 5.22. The number of nitrogens with two attached hydrogens (primary N) is 1. The lowest BCUT2D eigenvalue weighted by Gasteiger charge is -2.07. The van der Waals surface area contributed by atoms with Crippen molar-refractivity contribution in [1.82, 2.24) is 4.98 Å². The van der Waals surface area contributed by atoms with E-state index in [4.69, 9.17) is 17.4 Å². The summed E-state index contributed by atoms with van der Waals surface area (Å²) in [6.07, 6.45) is 0. The highest BCUT2D eigenvalue weighted by Gasteiger charge is 2.01. The number of hydrogen-bond acceptors (Lipinski definition) is 4. The van der Waals surface area contributed by atoms with Crippen molar-refractivity contribution in [2.45, 2.75) is 0 Å². The fourth-order valence-corrected chi connectivity index (χ4v) is 1.58. The number of nitrogen functional groups attached to an aromatic ring is 1. The van der Waals surface area contributed by atoms with Crippen molar-refractivity contribution in [3.05, 3.63) is 47.2 Å². The molecule has 0 spiro atoms. The highest BCUT2D eigenvalue weighted by Crippen LogP contribution is 2.21. The van der Waals surface area contributed by atoms with Crippen LogP contribution in [-0.4, -0.2) is 4.98 Å².